The number of nitrogens with one attached hydrogen (secondary N) is 2. The van der Waals surface area contributed by atoms with E-state index in [1.165, 1.54) is 12.8 Å². The van der Waals surface area contributed by atoms with Crippen LogP contribution in [0.2, 0.25) is 0 Å². The lowest BCUT2D eigenvalue weighted by Crippen LogP contribution is -2.32. The van der Waals surface area contributed by atoms with Crippen LogP contribution in [0, 0.1) is 5.41 Å². The van der Waals surface area contributed by atoms with Crippen molar-refractivity contribution in [1.29, 1.82) is 0 Å². The van der Waals surface area contributed by atoms with E-state index in [-0.39, 0.29) is 11.0 Å². The second-order valence-electron chi connectivity index (χ2n) is 6.27. The Morgan fingerprint density at radius 1 is 1.45 bits per heavy atom. The maximum absolute atomic E-state index is 12.1. The Hall–Kier alpha value is -2.04. The van der Waals surface area contributed by atoms with Gasteiger partial charge in [-0.2, -0.15) is 0 Å². The van der Waals surface area contributed by atoms with E-state index in [4.69, 9.17) is 5.73 Å². The zero-order valence-electron chi connectivity index (χ0n) is 11.9. The maximum atomic E-state index is 12.1. The highest BCUT2D eigenvalue weighted by molar-refractivity contribution is 5.81. The number of aromatic amines is 1. The third kappa shape index (κ3) is 2.24. The van der Waals surface area contributed by atoms with Crippen LogP contribution in [0.5, 0.6) is 0 Å². The number of nitrogens with two attached hydrogens (primary N) is 1. The van der Waals surface area contributed by atoms with Gasteiger partial charge in [0.2, 0.25) is 5.95 Å². The molecule has 0 amide bonds. The average Bonchev–Trinajstić information content (AvgIpc) is 2.70. The minimum Gasteiger partial charge on any atom is -0.399 e. The highest BCUT2D eigenvalue weighted by atomic mass is 16.1. The summed E-state index contributed by atoms with van der Waals surface area (Å²) in [5.41, 5.74) is 7.02. The van der Waals surface area contributed by atoms with Crippen LogP contribution >= 0.6 is 0 Å². The van der Waals surface area contributed by atoms with Gasteiger partial charge in [-0.3, -0.25) is 9.78 Å². The number of rotatable bonds is 2. The monoisotopic (exact) mass is 272 g/mol. The largest absolute Gasteiger partial charge is 0.399 e. The fourth-order valence-electron chi connectivity index (χ4n) is 2.98. The molecule has 2 aromatic rings. The van der Waals surface area contributed by atoms with Crippen molar-refractivity contribution in [2.24, 2.45) is 5.41 Å². The molecule has 1 atom stereocenters. The molecule has 1 saturated carbocycles. The highest BCUT2D eigenvalue weighted by Crippen LogP contribution is 2.38. The molecular formula is C15H20N4O. The molecule has 106 valence electrons. The first kappa shape index (κ1) is 13.0. The van der Waals surface area contributed by atoms with Crippen molar-refractivity contribution in [3.8, 4) is 0 Å². The van der Waals surface area contributed by atoms with Crippen LogP contribution in [0.1, 0.15) is 33.1 Å². The second-order valence-corrected chi connectivity index (χ2v) is 6.27. The molecule has 1 aliphatic rings. The maximum Gasteiger partial charge on any atom is 0.260 e. The number of fused-ring (bicyclic) bond motifs is 1. The van der Waals surface area contributed by atoms with Gasteiger partial charge in [0.1, 0.15) is 0 Å². The smallest absolute Gasteiger partial charge is 0.260 e. The van der Waals surface area contributed by atoms with Crippen molar-refractivity contribution in [1.82, 2.24) is 9.97 Å². The van der Waals surface area contributed by atoms with Crippen molar-refractivity contribution >= 4 is 22.5 Å². The third-order valence-corrected chi connectivity index (χ3v) is 4.30. The molecule has 0 aliphatic heterocycles. The summed E-state index contributed by atoms with van der Waals surface area (Å²) in [5, 5.41) is 3.91. The van der Waals surface area contributed by atoms with E-state index in [9.17, 15) is 4.79 Å². The van der Waals surface area contributed by atoms with E-state index >= 15 is 0 Å². The fraction of sp³-hybridized carbons (Fsp3) is 0.467. The second kappa shape index (κ2) is 4.51. The number of aromatic nitrogens is 2. The van der Waals surface area contributed by atoms with Crippen molar-refractivity contribution in [2.75, 3.05) is 11.1 Å². The highest BCUT2D eigenvalue weighted by Gasteiger charge is 2.34. The first-order valence-corrected chi connectivity index (χ1v) is 7.02. The van der Waals surface area contributed by atoms with E-state index in [0.717, 1.165) is 6.42 Å². The molecule has 20 heavy (non-hydrogen) atoms. The van der Waals surface area contributed by atoms with Gasteiger partial charge < -0.3 is 11.1 Å². The van der Waals surface area contributed by atoms with Crippen molar-refractivity contribution in [3.05, 3.63) is 28.6 Å². The minimum absolute atomic E-state index is 0.152. The van der Waals surface area contributed by atoms with E-state index in [1.54, 1.807) is 18.2 Å². The summed E-state index contributed by atoms with van der Waals surface area (Å²) in [5.74, 6) is 0.548. The van der Waals surface area contributed by atoms with Gasteiger partial charge in [0.05, 0.1) is 10.9 Å². The Labute approximate surface area is 117 Å². The average molecular weight is 272 g/mol. The van der Waals surface area contributed by atoms with Crippen LogP contribution < -0.4 is 16.6 Å². The molecule has 0 saturated heterocycles. The molecule has 3 rings (SSSR count). The van der Waals surface area contributed by atoms with Gasteiger partial charge in [0.25, 0.3) is 5.56 Å². The summed E-state index contributed by atoms with van der Waals surface area (Å²) in [6.07, 6.45) is 3.51. The van der Waals surface area contributed by atoms with Gasteiger partial charge in [-0.1, -0.05) is 20.3 Å². The van der Waals surface area contributed by atoms with Gasteiger partial charge in [-0.05, 0) is 36.5 Å². The number of nitrogens with zero attached hydrogens (tertiary/aromatic N) is 1. The quantitative estimate of drug-likeness (QED) is 0.733. The van der Waals surface area contributed by atoms with Crippen LogP contribution in [0.4, 0.5) is 11.6 Å². The topological polar surface area (TPSA) is 83.8 Å². The van der Waals surface area contributed by atoms with Crippen molar-refractivity contribution in [2.45, 2.75) is 39.2 Å². The van der Waals surface area contributed by atoms with E-state index < -0.39 is 0 Å². The van der Waals surface area contributed by atoms with Gasteiger partial charge >= 0.3 is 0 Å². The molecule has 1 aromatic carbocycles. The molecule has 1 aromatic heterocycles. The molecule has 5 nitrogen and oxygen atoms in total. The first-order valence-electron chi connectivity index (χ1n) is 7.02. The van der Waals surface area contributed by atoms with Crippen LogP contribution in [0.25, 0.3) is 10.9 Å². The standard InChI is InChI=1S/C15H20N4O/c1-15(2)7-3-4-12(15)18-14-17-11-6-5-9(16)8-10(11)13(20)19-14/h5-6,8,12H,3-4,7,16H2,1-2H3,(H2,17,18,19,20). The number of H-pyrrole nitrogens is 1. The van der Waals surface area contributed by atoms with Crippen molar-refractivity contribution < 1.29 is 0 Å². The van der Waals surface area contributed by atoms with Gasteiger partial charge in [0.15, 0.2) is 0 Å². The Balaban J connectivity index is 1.97. The SMILES string of the molecule is CC1(C)CCCC1Nc1nc2ccc(N)cc2c(=O)[nH]1. The molecule has 0 spiro atoms. The number of hydrogen-bond donors (Lipinski definition) is 3. The zero-order valence-corrected chi connectivity index (χ0v) is 11.9. The predicted octanol–water partition coefficient (Wildman–Crippen LogP) is 2.50. The molecule has 4 N–H and O–H groups in total. The lowest BCUT2D eigenvalue weighted by molar-refractivity contribution is 0.349. The van der Waals surface area contributed by atoms with Crippen molar-refractivity contribution in [3.63, 3.8) is 0 Å². The summed E-state index contributed by atoms with van der Waals surface area (Å²) >= 11 is 0. The predicted molar refractivity (Wildman–Crippen MR) is 81.8 cm³/mol. The van der Waals surface area contributed by atoms with Gasteiger partial charge in [-0.15, -0.1) is 0 Å². The zero-order chi connectivity index (χ0) is 14.3. The van der Waals surface area contributed by atoms with E-state index in [0.29, 0.717) is 28.6 Å². The van der Waals surface area contributed by atoms with E-state index in [1.807, 2.05) is 0 Å². The third-order valence-electron chi connectivity index (χ3n) is 4.30. The molecule has 5 heteroatoms. The lowest BCUT2D eigenvalue weighted by atomic mass is 9.87. The first-order chi connectivity index (χ1) is 9.45. The molecule has 0 bridgehead atoms. The number of anilines is 2. The van der Waals surface area contributed by atoms with Gasteiger partial charge in [-0.25, -0.2) is 4.98 Å². The Kier molecular flexibility index (Phi) is 2.92. The molecule has 1 aliphatic carbocycles. The Morgan fingerprint density at radius 3 is 2.95 bits per heavy atom. The number of benzene rings is 1. The van der Waals surface area contributed by atoms with E-state index in [2.05, 4.69) is 29.1 Å². The van der Waals surface area contributed by atoms with Crippen LogP contribution in [0.15, 0.2) is 23.0 Å². The molecule has 0 radical (unpaired) electrons. The summed E-state index contributed by atoms with van der Waals surface area (Å²) in [6.45, 7) is 4.50. The Bertz CT molecular complexity index is 705. The fourth-order valence-corrected chi connectivity index (χ4v) is 2.98. The normalized spacial score (nSPS) is 21.2. The number of hydrogen-bond acceptors (Lipinski definition) is 4. The van der Waals surface area contributed by atoms with Crippen LogP contribution in [-0.2, 0) is 0 Å². The summed E-state index contributed by atoms with van der Waals surface area (Å²) in [6, 6.07) is 5.55. The molecule has 1 unspecified atom stereocenters. The molecule has 1 heterocycles. The lowest BCUT2D eigenvalue weighted by Gasteiger charge is -2.27. The summed E-state index contributed by atoms with van der Waals surface area (Å²) in [4.78, 5) is 19.4. The molecular weight excluding hydrogens is 252 g/mol. The minimum atomic E-state index is -0.152. The van der Waals surface area contributed by atoms with Gasteiger partial charge in [0, 0.05) is 11.7 Å². The Morgan fingerprint density at radius 2 is 2.25 bits per heavy atom. The number of nitrogen functional groups attached to an aromatic ring is 1. The molecule has 1 fully saturated rings. The summed E-state index contributed by atoms with van der Waals surface area (Å²) < 4.78 is 0. The van der Waals surface area contributed by atoms with Crippen LogP contribution in [0.3, 0.4) is 0 Å². The van der Waals surface area contributed by atoms with Crippen LogP contribution in [-0.4, -0.2) is 16.0 Å². The summed E-state index contributed by atoms with van der Waals surface area (Å²) in [7, 11) is 0.